The summed E-state index contributed by atoms with van der Waals surface area (Å²) in [7, 11) is 0. The van der Waals surface area contributed by atoms with Crippen LogP contribution in [-0.4, -0.2) is 36.7 Å². The quantitative estimate of drug-likeness (QED) is 0.901. The van der Waals surface area contributed by atoms with Crippen molar-refractivity contribution < 1.29 is 9.53 Å². The predicted octanol–water partition coefficient (Wildman–Crippen LogP) is 1.72. The van der Waals surface area contributed by atoms with E-state index in [4.69, 9.17) is 4.74 Å². The van der Waals surface area contributed by atoms with Gasteiger partial charge in [-0.1, -0.05) is 30.3 Å². The molecule has 0 unspecified atom stereocenters. The molecule has 0 spiro atoms. The van der Waals surface area contributed by atoms with Gasteiger partial charge in [-0.2, -0.15) is 0 Å². The zero-order valence-corrected chi connectivity index (χ0v) is 13.3. The highest BCUT2D eigenvalue weighted by Crippen LogP contribution is 2.27. The Balaban J connectivity index is 1.63. The number of rotatable bonds is 4. The molecule has 1 fully saturated rings. The minimum absolute atomic E-state index is 0.0197. The molecule has 0 radical (unpaired) electrons. The second kappa shape index (κ2) is 7.00. The van der Waals surface area contributed by atoms with Crippen LogP contribution in [0.3, 0.4) is 0 Å². The summed E-state index contributed by atoms with van der Waals surface area (Å²) in [6.45, 7) is 4.30. The van der Waals surface area contributed by atoms with Gasteiger partial charge in [-0.15, -0.1) is 11.3 Å². The zero-order chi connectivity index (χ0) is 15.4. The van der Waals surface area contributed by atoms with Gasteiger partial charge in [-0.05, 0) is 6.92 Å². The van der Waals surface area contributed by atoms with E-state index < -0.39 is 0 Å². The standard InChI is InChI=1S/C16H19N3O2S/c1-11-14(9-18-15(20)13-10-21-8-7-17-13)22-16(19-11)12-5-3-2-4-6-12/h2-6,13,17H,7-10H2,1H3,(H,18,20)/t13-/m1/s1. The Morgan fingerprint density at radius 2 is 2.27 bits per heavy atom. The van der Waals surface area contributed by atoms with Gasteiger partial charge in [0.2, 0.25) is 5.91 Å². The molecule has 1 aliphatic heterocycles. The lowest BCUT2D eigenvalue weighted by molar-refractivity contribution is -0.126. The predicted molar refractivity (Wildman–Crippen MR) is 86.7 cm³/mol. The minimum Gasteiger partial charge on any atom is -0.378 e. The topological polar surface area (TPSA) is 63.2 Å². The molecule has 1 atom stereocenters. The zero-order valence-electron chi connectivity index (χ0n) is 12.5. The van der Waals surface area contributed by atoms with Crippen LogP contribution in [-0.2, 0) is 16.1 Å². The number of thiazole rings is 1. The third kappa shape index (κ3) is 3.52. The van der Waals surface area contributed by atoms with Crippen LogP contribution >= 0.6 is 11.3 Å². The fourth-order valence-corrected chi connectivity index (χ4v) is 3.33. The second-order valence-corrected chi connectivity index (χ2v) is 6.28. The molecule has 1 aliphatic rings. The van der Waals surface area contributed by atoms with Crippen molar-refractivity contribution in [3.8, 4) is 10.6 Å². The van der Waals surface area contributed by atoms with Crippen LogP contribution in [0.4, 0.5) is 0 Å². The highest BCUT2D eigenvalue weighted by Gasteiger charge is 2.21. The van der Waals surface area contributed by atoms with E-state index in [2.05, 4.69) is 15.6 Å². The van der Waals surface area contributed by atoms with Gasteiger partial charge in [-0.25, -0.2) is 4.98 Å². The maximum absolute atomic E-state index is 12.1. The van der Waals surface area contributed by atoms with Crippen molar-refractivity contribution in [3.63, 3.8) is 0 Å². The average Bonchev–Trinajstić information content (AvgIpc) is 2.95. The van der Waals surface area contributed by atoms with Crippen LogP contribution < -0.4 is 10.6 Å². The molecule has 3 rings (SSSR count). The highest BCUT2D eigenvalue weighted by atomic mass is 32.1. The number of ether oxygens (including phenoxy) is 1. The lowest BCUT2D eigenvalue weighted by atomic mass is 10.2. The summed E-state index contributed by atoms with van der Waals surface area (Å²) in [5, 5.41) is 7.10. The van der Waals surface area contributed by atoms with Gasteiger partial charge in [0.15, 0.2) is 0 Å². The van der Waals surface area contributed by atoms with E-state index in [1.807, 2.05) is 37.3 Å². The number of benzene rings is 1. The monoisotopic (exact) mass is 317 g/mol. The number of aromatic nitrogens is 1. The summed E-state index contributed by atoms with van der Waals surface area (Å²) in [4.78, 5) is 17.8. The SMILES string of the molecule is Cc1nc(-c2ccccc2)sc1CNC(=O)[C@H]1COCCN1. The maximum atomic E-state index is 12.1. The molecule has 0 saturated carbocycles. The largest absolute Gasteiger partial charge is 0.378 e. The van der Waals surface area contributed by atoms with Gasteiger partial charge in [-0.3, -0.25) is 4.79 Å². The Bertz CT molecular complexity index is 636. The number of morpholine rings is 1. The third-order valence-corrected chi connectivity index (χ3v) is 4.78. The van der Waals surface area contributed by atoms with Crippen LogP contribution in [0.1, 0.15) is 10.6 Å². The van der Waals surface area contributed by atoms with Crippen LogP contribution in [0.25, 0.3) is 10.6 Å². The number of hydrogen-bond donors (Lipinski definition) is 2. The number of carbonyl (C=O) groups is 1. The number of amides is 1. The number of nitrogens with zero attached hydrogens (tertiary/aromatic N) is 1. The van der Waals surface area contributed by atoms with Crippen LogP contribution in [0.2, 0.25) is 0 Å². The molecule has 1 saturated heterocycles. The smallest absolute Gasteiger partial charge is 0.239 e. The summed E-state index contributed by atoms with van der Waals surface area (Å²) in [5.41, 5.74) is 2.08. The summed E-state index contributed by atoms with van der Waals surface area (Å²) in [5.74, 6) is -0.0197. The van der Waals surface area contributed by atoms with Gasteiger partial charge in [0.1, 0.15) is 11.0 Å². The Labute approximate surface area is 133 Å². The third-order valence-electron chi connectivity index (χ3n) is 3.57. The molecule has 0 bridgehead atoms. The van der Waals surface area contributed by atoms with E-state index in [1.165, 1.54) is 0 Å². The summed E-state index contributed by atoms with van der Waals surface area (Å²) in [6.07, 6.45) is 0. The summed E-state index contributed by atoms with van der Waals surface area (Å²) in [6, 6.07) is 9.83. The van der Waals surface area contributed by atoms with E-state index in [1.54, 1.807) is 11.3 Å². The summed E-state index contributed by atoms with van der Waals surface area (Å²) >= 11 is 1.62. The van der Waals surface area contributed by atoms with E-state index in [-0.39, 0.29) is 11.9 Å². The fourth-order valence-electron chi connectivity index (χ4n) is 2.32. The normalized spacial score (nSPS) is 18.1. The molecule has 1 amide bonds. The number of nitrogens with one attached hydrogen (secondary N) is 2. The fraction of sp³-hybridized carbons (Fsp3) is 0.375. The Hall–Kier alpha value is -1.76. The van der Waals surface area contributed by atoms with Crippen LogP contribution in [0.15, 0.2) is 30.3 Å². The first-order valence-corrected chi connectivity index (χ1v) is 8.16. The Morgan fingerprint density at radius 3 is 3.00 bits per heavy atom. The van der Waals surface area contributed by atoms with Crippen molar-refractivity contribution in [1.29, 1.82) is 0 Å². The maximum Gasteiger partial charge on any atom is 0.239 e. The van der Waals surface area contributed by atoms with E-state index in [9.17, 15) is 4.79 Å². The average molecular weight is 317 g/mol. The Morgan fingerprint density at radius 1 is 1.45 bits per heavy atom. The van der Waals surface area contributed by atoms with Crippen LogP contribution in [0.5, 0.6) is 0 Å². The molecule has 22 heavy (non-hydrogen) atoms. The first-order chi connectivity index (χ1) is 10.7. The first kappa shape index (κ1) is 15.1. The lowest BCUT2D eigenvalue weighted by Gasteiger charge is -2.22. The van der Waals surface area contributed by atoms with Gasteiger partial charge < -0.3 is 15.4 Å². The molecule has 0 aliphatic carbocycles. The minimum atomic E-state index is -0.254. The first-order valence-electron chi connectivity index (χ1n) is 7.34. The molecular formula is C16H19N3O2S. The number of hydrogen-bond acceptors (Lipinski definition) is 5. The van der Waals surface area contributed by atoms with Crippen molar-refractivity contribution in [1.82, 2.24) is 15.6 Å². The van der Waals surface area contributed by atoms with E-state index in [0.29, 0.717) is 19.8 Å². The molecule has 5 nitrogen and oxygen atoms in total. The highest BCUT2D eigenvalue weighted by molar-refractivity contribution is 7.15. The van der Waals surface area contributed by atoms with E-state index in [0.717, 1.165) is 27.7 Å². The number of aryl methyl sites for hydroxylation is 1. The van der Waals surface area contributed by atoms with Crippen molar-refractivity contribution in [3.05, 3.63) is 40.9 Å². The van der Waals surface area contributed by atoms with Crippen molar-refractivity contribution >= 4 is 17.2 Å². The van der Waals surface area contributed by atoms with Gasteiger partial charge in [0.25, 0.3) is 0 Å². The van der Waals surface area contributed by atoms with Gasteiger partial charge in [0.05, 0.1) is 25.5 Å². The molecule has 2 heterocycles. The van der Waals surface area contributed by atoms with E-state index >= 15 is 0 Å². The molecular weight excluding hydrogens is 298 g/mol. The summed E-state index contributed by atoms with van der Waals surface area (Å²) < 4.78 is 5.31. The lowest BCUT2D eigenvalue weighted by Crippen LogP contribution is -2.51. The number of carbonyl (C=O) groups excluding carboxylic acids is 1. The molecule has 1 aromatic heterocycles. The Kier molecular flexibility index (Phi) is 4.82. The second-order valence-electron chi connectivity index (χ2n) is 5.19. The van der Waals surface area contributed by atoms with Crippen molar-refractivity contribution in [2.45, 2.75) is 19.5 Å². The van der Waals surface area contributed by atoms with Crippen molar-refractivity contribution in [2.75, 3.05) is 19.8 Å². The molecule has 2 N–H and O–H groups in total. The van der Waals surface area contributed by atoms with Gasteiger partial charge in [0, 0.05) is 17.0 Å². The molecule has 1 aromatic carbocycles. The molecule has 2 aromatic rings. The molecule has 6 heteroatoms. The van der Waals surface area contributed by atoms with Crippen molar-refractivity contribution in [2.24, 2.45) is 0 Å². The van der Waals surface area contributed by atoms with Crippen LogP contribution in [0, 0.1) is 6.92 Å². The molecule has 116 valence electrons. The van der Waals surface area contributed by atoms with Gasteiger partial charge >= 0.3 is 0 Å².